The van der Waals surface area contributed by atoms with Gasteiger partial charge in [-0.15, -0.1) is 0 Å². The first-order chi connectivity index (χ1) is 8.22. The van der Waals surface area contributed by atoms with Crippen LogP contribution in [0.2, 0.25) is 0 Å². The standard InChI is InChI=1S/C13H18N2O2/c1-15-12-4-2-10(9-14-6-7-16)8-11(12)3-5-13(15)17/h2,4,8,14,16H,3,5-7,9H2,1H3. The molecule has 0 aliphatic carbocycles. The predicted molar refractivity (Wildman–Crippen MR) is 67.0 cm³/mol. The fraction of sp³-hybridized carbons (Fsp3) is 0.462. The summed E-state index contributed by atoms with van der Waals surface area (Å²) in [5.74, 6) is 0.184. The second-order valence-electron chi connectivity index (χ2n) is 4.32. The molecule has 17 heavy (non-hydrogen) atoms. The van der Waals surface area contributed by atoms with Crippen LogP contribution in [0.15, 0.2) is 18.2 Å². The lowest BCUT2D eigenvalue weighted by atomic mass is 9.99. The fourth-order valence-electron chi connectivity index (χ4n) is 2.13. The average Bonchev–Trinajstić information content (AvgIpc) is 2.34. The number of rotatable bonds is 4. The Hall–Kier alpha value is -1.39. The second kappa shape index (κ2) is 5.29. The fourth-order valence-corrected chi connectivity index (χ4v) is 2.13. The SMILES string of the molecule is CN1C(=O)CCc2cc(CNCCO)ccc21. The van der Waals surface area contributed by atoms with E-state index < -0.39 is 0 Å². The van der Waals surface area contributed by atoms with Crippen molar-refractivity contribution in [3.05, 3.63) is 29.3 Å². The Morgan fingerprint density at radius 3 is 3.00 bits per heavy atom. The number of aliphatic hydroxyl groups is 1. The number of carbonyl (C=O) groups is 1. The van der Waals surface area contributed by atoms with Gasteiger partial charge in [0.25, 0.3) is 0 Å². The van der Waals surface area contributed by atoms with Crippen LogP contribution in [0, 0.1) is 0 Å². The first kappa shape index (κ1) is 12.1. The molecule has 1 aliphatic rings. The summed E-state index contributed by atoms with van der Waals surface area (Å²) < 4.78 is 0. The zero-order valence-electron chi connectivity index (χ0n) is 10.1. The topological polar surface area (TPSA) is 52.6 Å². The Balaban J connectivity index is 2.12. The molecule has 1 heterocycles. The zero-order chi connectivity index (χ0) is 12.3. The third-order valence-electron chi connectivity index (χ3n) is 3.11. The molecule has 0 radical (unpaired) electrons. The van der Waals surface area contributed by atoms with Gasteiger partial charge in [0.1, 0.15) is 0 Å². The summed E-state index contributed by atoms with van der Waals surface area (Å²) in [7, 11) is 1.82. The van der Waals surface area contributed by atoms with Crippen molar-refractivity contribution in [1.82, 2.24) is 5.32 Å². The van der Waals surface area contributed by atoms with Crippen molar-refractivity contribution < 1.29 is 9.90 Å². The number of anilines is 1. The van der Waals surface area contributed by atoms with Gasteiger partial charge in [-0.2, -0.15) is 0 Å². The largest absolute Gasteiger partial charge is 0.395 e. The molecule has 1 aromatic carbocycles. The maximum Gasteiger partial charge on any atom is 0.227 e. The maximum absolute atomic E-state index is 11.5. The number of amides is 1. The molecule has 0 bridgehead atoms. The summed E-state index contributed by atoms with van der Waals surface area (Å²) >= 11 is 0. The monoisotopic (exact) mass is 234 g/mol. The number of fused-ring (bicyclic) bond motifs is 1. The van der Waals surface area contributed by atoms with Crippen LogP contribution in [-0.4, -0.2) is 31.2 Å². The molecule has 0 aromatic heterocycles. The van der Waals surface area contributed by atoms with Crippen LogP contribution in [0.1, 0.15) is 17.5 Å². The first-order valence-corrected chi connectivity index (χ1v) is 5.92. The lowest BCUT2D eigenvalue weighted by Crippen LogP contribution is -2.31. The molecule has 92 valence electrons. The van der Waals surface area contributed by atoms with Crippen LogP contribution in [0.4, 0.5) is 5.69 Å². The number of hydrogen-bond donors (Lipinski definition) is 2. The van der Waals surface area contributed by atoms with E-state index in [1.54, 1.807) is 4.90 Å². The van der Waals surface area contributed by atoms with Crippen LogP contribution in [-0.2, 0) is 17.8 Å². The van der Waals surface area contributed by atoms with Crippen molar-refractivity contribution in [2.45, 2.75) is 19.4 Å². The molecule has 0 atom stereocenters. The van der Waals surface area contributed by atoms with Crippen LogP contribution in [0.3, 0.4) is 0 Å². The van der Waals surface area contributed by atoms with Gasteiger partial charge in [-0.1, -0.05) is 12.1 Å². The van der Waals surface area contributed by atoms with E-state index in [0.29, 0.717) is 13.0 Å². The van der Waals surface area contributed by atoms with Crippen LogP contribution >= 0.6 is 0 Å². The van der Waals surface area contributed by atoms with E-state index in [9.17, 15) is 4.79 Å². The van der Waals surface area contributed by atoms with Gasteiger partial charge in [0.05, 0.1) is 6.61 Å². The minimum atomic E-state index is 0.155. The Morgan fingerprint density at radius 1 is 1.41 bits per heavy atom. The van der Waals surface area contributed by atoms with Gasteiger partial charge in [-0.25, -0.2) is 0 Å². The van der Waals surface area contributed by atoms with E-state index in [1.165, 1.54) is 11.1 Å². The summed E-state index contributed by atoms with van der Waals surface area (Å²) in [5, 5.41) is 11.8. The smallest absolute Gasteiger partial charge is 0.227 e. The molecular formula is C13H18N2O2. The molecule has 0 unspecified atom stereocenters. The Bertz CT molecular complexity index is 418. The number of aliphatic hydroxyl groups excluding tert-OH is 1. The molecule has 2 N–H and O–H groups in total. The summed E-state index contributed by atoms with van der Waals surface area (Å²) in [6.45, 7) is 1.52. The van der Waals surface area contributed by atoms with Gasteiger partial charge in [-0.05, 0) is 23.6 Å². The van der Waals surface area contributed by atoms with Gasteiger partial charge in [-0.3, -0.25) is 4.79 Å². The third kappa shape index (κ3) is 2.65. The lowest BCUT2D eigenvalue weighted by molar-refractivity contribution is -0.118. The Labute approximate surface area is 101 Å². The molecule has 0 saturated heterocycles. The van der Waals surface area contributed by atoms with Crippen molar-refractivity contribution in [3.63, 3.8) is 0 Å². The quantitative estimate of drug-likeness (QED) is 0.753. The molecule has 0 fully saturated rings. The Morgan fingerprint density at radius 2 is 2.24 bits per heavy atom. The highest BCUT2D eigenvalue weighted by Crippen LogP contribution is 2.27. The van der Waals surface area contributed by atoms with Gasteiger partial charge >= 0.3 is 0 Å². The van der Waals surface area contributed by atoms with E-state index >= 15 is 0 Å². The lowest BCUT2D eigenvalue weighted by Gasteiger charge is -2.26. The predicted octanol–water partition coefficient (Wildman–Crippen LogP) is 0.677. The molecule has 0 spiro atoms. The van der Waals surface area contributed by atoms with Crippen molar-refractivity contribution >= 4 is 11.6 Å². The number of hydrogen-bond acceptors (Lipinski definition) is 3. The molecule has 2 rings (SSSR count). The van der Waals surface area contributed by atoms with E-state index in [1.807, 2.05) is 19.2 Å². The highest BCUT2D eigenvalue weighted by molar-refractivity contribution is 5.95. The van der Waals surface area contributed by atoms with Gasteiger partial charge in [0.15, 0.2) is 0 Å². The number of nitrogens with zero attached hydrogens (tertiary/aromatic N) is 1. The van der Waals surface area contributed by atoms with Gasteiger partial charge in [0.2, 0.25) is 5.91 Å². The van der Waals surface area contributed by atoms with Crippen LogP contribution < -0.4 is 10.2 Å². The summed E-state index contributed by atoms with van der Waals surface area (Å²) in [5.41, 5.74) is 3.45. The summed E-state index contributed by atoms with van der Waals surface area (Å²) in [6, 6.07) is 6.17. The van der Waals surface area contributed by atoms with Crippen LogP contribution in [0.5, 0.6) is 0 Å². The highest BCUT2D eigenvalue weighted by atomic mass is 16.3. The third-order valence-corrected chi connectivity index (χ3v) is 3.11. The van der Waals surface area contributed by atoms with E-state index in [0.717, 1.165) is 18.7 Å². The number of aryl methyl sites for hydroxylation is 1. The summed E-state index contributed by atoms with van der Waals surface area (Å²) in [6.07, 6.45) is 1.42. The van der Waals surface area contributed by atoms with E-state index in [4.69, 9.17) is 5.11 Å². The van der Waals surface area contributed by atoms with Crippen molar-refractivity contribution in [3.8, 4) is 0 Å². The summed E-state index contributed by atoms with van der Waals surface area (Å²) in [4.78, 5) is 13.3. The minimum absolute atomic E-state index is 0.155. The number of carbonyl (C=O) groups excluding carboxylic acids is 1. The van der Waals surface area contributed by atoms with Crippen molar-refractivity contribution in [2.24, 2.45) is 0 Å². The first-order valence-electron chi connectivity index (χ1n) is 5.92. The van der Waals surface area contributed by atoms with E-state index in [2.05, 4.69) is 11.4 Å². The second-order valence-corrected chi connectivity index (χ2v) is 4.32. The van der Waals surface area contributed by atoms with Gasteiger partial charge in [0, 0.05) is 32.2 Å². The highest BCUT2D eigenvalue weighted by Gasteiger charge is 2.20. The van der Waals surface area contributed by atoms with E-state index in [-0.39, 0.29) is 12.5 Å². The van der Waals surface area contributed by atoms with Crippen molar-refractivity contribution in [2.75, 3.05) is 25.1 Å². The maximum atomic E-state index is 11.5. The molecule has 4 nitrogen and oxygen atoms in total. The number of benzene rings is 1. The molecule has 0 saturated carbocycles. The van der Waals surface area contributed by atoms with Crippen LogP contribution in [0.25, 0.3) is 0 Å². The Kier molecular flexibility index (Phi) is 3.76. The molecule has 1 amide bonds. The molecule has 1 aliphatic heterocycles. The molecule has 4 heteroatoms. The molecular weight excluding hydrogens is 216 g/mol. The van der Waals surface area contributed by atoms with Gasteiger partial charge < -0.3 is 15.3 Å². The minimum Gasteiger partial charge on any atom is -0.395 e. The molecule has 1 aromatic rings. The normalized spacial score (nSPS) is 14.9. The zero-order valence-corrected chi connectivity index (χ0v) is 10.1. The number of nitrogens with one attached hydrogen (secondary N) is 1. The average molecular weight is 234 g/mol. The van der Waals surface area contributed by atoms with Crippen molar-refractivity contribution in [1.29, 1.82) is 0 Å².